The topological polar surface area (TPSA) is 111 Å². The number of hydrazone groups is 1. The predicted octanol–water partition coefficient (Wildman–Crippen LogP) is 3.73. The second-order valence-corrected chi connectivity index (χ2v) is 6.36. The molecule has 3 unspecified atom stereocenters. The molecule has 2 bridgehead atoms. The molecule has 8 nitrogen and oxygen atoms in total. The lowest BCUT2D eigenvalue weighted by Gasteiger charge is -2.21. The van der Waals surface area contributed by atoms with Crippen molar-refractivity contribution in [3.05, 3.63) is 38.4 Å². The molecule has 0 radical (unpaired) electrons. The molecule has 1 N–H and O–H groups in total. The number of non-ortho nitro benzene ring substituents is 1. The van der Waals surface area contributed by atoms with Crippen molar-refractivity contribution in [3.63, 3.8) is 0 Å². The number of nitro benzene ring substituents is 2. The molecule has 2 fully saturated rings. The molecule has 0 amide bonds. The van der Waals surface area contributed by atoms with Crippen LogP contribution in [0.3, 0.4) is 0 Å². The first-order valence-electron chi connectivity index (χ1n) is 7.68. The van der Waals surface area contributed by atoms with Gasteiger partial charge in [-0.15, -0.1) is 0 Å². The molecule has 0 aliphatic heterocycles. The van der Waals surface area contributed by atoms with Crippen LogP contribution in [0.4, 0.5) is 17.1 Å². The highest BCUT2D eigenvalue weighted by molar-refractivity contribution is 5.86. The SMILES string of the molecule is CC(=NNc1ccc([N+](=O)[O-])cc1[N+](=O)[O-])C1CC2CCC1C2. The largest absolute Gasteiger partial charge is 0.301 e. The molecular formula is C15H18N4O4. The molecule has 2 aliphatic carbocycles. The highest BCUT2D eigenvalue weighted by Crippen LogP contribution is 2.48. The lowest BCUT2D eigenvalue weighted by Crippen LogP contribution is -2.19. The van der Waals surface area contributed by atoms with Gasteiger partial charge in [0.1, 0.15) is 5.69 Å². The molecule has 0 aromatic heterocycles. The second kappa shape index (κ2) is 5.94. The Hall–Kier alpha value is -2.51. The summed E-state index contributed by atoms with van der Waals surface area (Å²) in [6, 6.07) is 3.51. The van der Waals surface area contributed by atoms with Crippen LogP contribution in [-0.2, 0) is 0 Å². The number of nitrogens with one attached hydrogen (secondary N) is 1. The maximum Gasteiger partial charge on any atom is 0.301 e. The normalized spacial score (nSPS) is 26.3. The van der Waals surface area contributed by atoms with Crippen molar-refractivity contribution in [1.82, 2.24) is 0 Å². The molecule has 3 rings (SSSR count). The number of benzene rings is 1. The van der Waals surface area contributed by atoms with Gasteiger partial charge in [-0.25, -0.2) is 0 Å². The van der Waals surface area contributed by atoms with Gasteiger partial charge in [-0.2, -0.15) is 5.10 Å². The van der Waals surface area contributed by atoms with Crippen molar-refractivity contribution >= 4 is 22.8 Å². The first-order valence-corrected chi connectivity index (χ1v) is 7.68. The van der Waals surface area contributed by atoms with Gasteiger partial charge < -0.3 is 0 Å². The van der Waals surface area contributed by atoms with Gasteiger partial charge in [0, 0.05) is 17.7 Å². The first kappa shape index (κ1) is 15.4. The van der Waals surface area contributed by atoms with E-state index >= 15 is 0 Å². The third-order valence-electron chi connectivity index (χ3n) is 5.02. The van der Waals surface area contributed by atoms with E-state index < -0.39 is 9.85 Å². The molecule has 0 saturated heterocycles. The van der Waals surface area contributed by atoms with Crippen LogP contribution in [0.25, 0.3) is 0 Å². The average molecular weight is 318 g/mol. The Morgan fingerprint density at radius 1 is 1.22 bits per heavy atom. The molecule has 3 atom stereocenters. The zero-order valence-electron chi connectivity index (χ0n) is 12.8. The monoisotopic (exact) mass is 318 g/mol. The van der Waals surface area contributed by atoms with Crippen LogP contribution >= 0.6 is 0 Å². The predicted molar refractivity (Wildman–Crippen MR) is 85.4 cm³/mol. The summed E-state index contributed by atoms with van der Waals surface area (Å²) in [7, 11) is 0. The summed E-state index contributed by atoms with van der Waals surface area (Å²) in [5.41, 5.74) is 3.19. The van der Waals surface area contributed by atoms with Crippen molar-refractivity contribution < 1.29 is 9.85 Å². The molecule has 122 valence electrons. The van der Waals surface area contributed by atoms with Crippen LogP contribution in [-0.4, -0.2) is 15.6 Å². The van der Waals surface area contributed by atoms with E-state index in [1.165, 1.54) is 31.4 Å². The summed E-state index contributed by atoms with van der Waals surface area (Å²) in [6.07, 6.45) is 4.94. The Kier molecular flexibility index (Phi) is 3.97. The molecule has 8 heteroatoms. The van der Waals surface area contributed by atoms with Gasteiger partial charge in [-0.05, 0) is 44.1 Å². The van der Waals surface area contributed by atoms with Crippen LogP contribution in [0.5, 0.6) is 0 Å². The third kappa shape index (κ3) is 3.01. The van der Waals surface area contributed by atoms with Gasteiger partial charge >= 0.3 is 5.69 Å². The van der Waals surface area contributed by atoms with Gasteiger partial charge in [0.25, 0.3) is 5.69 Å². The van der Waals surface area contributed by atoms with Crippen molar-refractivity contribution in [2.24, 2.45) is 22.9 Å². The van der Waals surface area contributed by atoms with Gasteiger partial charge in [0.05, 0.1) is 15.9 Å². The summed E-state index contributed by atoms with van der Waals surface area (Å²) in [6.45, 7) is 1.94. The fourth-order valence-electron chi connectivity index (χ4n) is 3.87. The minimum Gasteiger partial charge on any atom is -0.272 e. The van der Waals surface area contributed by atoms with Crippen LogP contribution < -0.4 is 5.43 Å². The number of nitrogens with zero attached hydrogens (tertiary/aromatic N) is 3. The second-order valence-electron chi connectivity index (χ2n) is 6.36. The summed E-state index contributed by atoms with van der Waals surface area (Å²) >= 11 is 0. The van der Waals surface area contributed by atoms with Crippen LogP contribution in [0, 0.1) is 38.0 Å². The average Bonchev–Trinajstić information content (AvgIpc) is 3.15. The smallest absolute Gasteiger partial charge is 0.272 e. The van der Waals surface area contributed by atoms with E-state index in [1.54, 1.807) is 0 Å². The Morgan fingerprint density at radius 2 is 2.00 bits per heavy atom. The molecule has 23 heavy (non-hydrogen) atoms. The lowest BCUT2D eigenvalue weighted by molar-refractivity contribution is -0.393. The van der Waals surface area contributed by atoms with E-state index in [4.69, 9.17) is 0 Å². The van der Waals surface area contributed by atoms with Crippen LogP contribution in [0.2, 0.25) is 0 Å². The number of hydrogen-bond acceptors (Lipinski definition) is 6. The first-order chi connectivity index (χ1) is 11.0. The van der Waals surface area contributed by atoms with E-state index in [9.17, 15) is 20.2 Å². The molecule has 2 saturated carbocycles. The minimum atomic E-state index is -0.652. The number of hydrogen-bond donors (Lipinski definition) is 1. The highest BCUT2D eigenvalue weighted by atomic mass is 16.6. The van der Waals surface area contributed by atoms with Crippen molar-refractivity contribution in [3.8, 4) is 0 Å². The molecule has 1 aromatic carbocycles. The maximum absolute atomic E-state index is 11.1. The van der Waals surface area contributed by atoms with Crippen LogP contribution in [0.15, 0.2) is 23.3 Å². The van der Waals surface area contributed by atoms with E-state index in [-0.39, 0.29) is 17.1 Å². The fourth-order valence-corrected chi connectivity index (χ4v) is 3.87. The molecule has 0 spiro atoms. The number of nitro groups is 2. The van der Waals surface area contributed by atoms with Gasteiger partial charge in [-0.3, -0.25) is 25.7 Å². The fraction of sp³-hybridized carbons (Fsp3) is 0.533. The molecule has 1 aromatic rings. The zero-order chi connectivity index (χ0) is 16.6. The third-order valence-corrected chi connectivity index (χ3v) is 5.02. The summed E-state index contributed by atoms with van der Waals surface area (Å²) in [4.78, 5) is 20.5. The number of anilines is 1. The van der Waals surface area contributed by atoms with E-state index in [0.29, 0.717) is 11.8 Å². The minimum absolute atomic E-state index is 0.170. The standard InChI is InChI=1S/C15H18N4O4/c1-9(13-7-10-2-3-11(13)6-10)16-17-14-5-4-12(18(20)21)8-15(14)19(22)23/h4-5,8,10-11,13,17H,2-3,6-7H2,1H3. The van der Waals surface area contributed by atoms with Crippen molar-refractivity contribution in [1.29, 1.82) is 0 Å². The van der Waals surface area contributed by atoms with Gasteiger partial charge in [-0.1, -0.05) is 6.42 Å². The summed E-state index contributed by atoms with van der Waals surface area (Å²) in [5.74, 6) is 1.92. The Labute approximate surface area is 132 Å². The van der Waals surface area contributed by atoms with Gasteiger partial charge in [0.2, 0.25) is 0 Å². The molecular weight excluding hydrogens is 300 g/mol. The quantitative estimate of drug-likeness (QED) is 0.505. The molecule has 0 heterocycles. The lowest BCUT2D eigenvalue weighted by atomic mass is 9.86. The Bertz CT molecular complexity index is 688. The van der Waals surface area contributed by atoms with Gasteiger partial charge in [0.15, 0.2) is 0 Å². The van der Waals surface area contributed by atoms with Crippen molar-refractivity contribution in [2.45, 2.75) is 32.6 Å². The Morgan fingerprint density at radius 3 is 2.57 bits per heavy atom. The Balaban J connectivity index is 1.78. The zero-order valence-corrected chi connectivity index (χ0v) is 12.8. The number of fused-ring (bicyclic) bond motifs is 2. The van der Waals surface area contributed by atoms with Crippen molar-refractivity contribution in [2.75, 3.05) is 5.43 Å². The summed E-state index contributed by atoms with van der Waals surface area (Å²) < 4.78 is 0. The van der Waals surface area contributed by atoms with E-state index in [2.05, 4.69) is 10.5 Å². The van der Waals surface area contributed by atoms with E-state index in [0.717, 1.165) is 24.1 Å². The van der Waals surface area contributed by atoms with E-state index in [1.807, 2.05) is 6.92 Å². The highest BCUT2D eigenvalue weighted by Gasteiger charge is 2.40. The van der Waals surface area contributed by atoms with Crippen LogP contribution in [0.1, 0.15) is 32.6 Å². The molecule has 2 aliphatic rings. The number of rotatable bonds is 5. The maximum atomic E-state index is 11.1. The summed E-state index contributed by atoms with van der Waals surface area (Å²) in [5, 5.41) is 26.1.